The molecule has 0 bridgehead atoms. The SMILES string of the molecule is CCOC(=O)C[C@@H](NC(=O)CN(C(=O)CCCc1ccnc(N)c1)C1CC1)c1ccccc1CC.Cl. The summed E-state index contributed by atoms with van der Waals surface area (Å²) in [7, 11) is 0. The lowest BCUT2D eigenvalue weighted by molar-refractivity contribution is -0.144. The normalized spacial score (nSPS) is 13.3. The first-order chi connectivity index (χ1) is 16.9. The molecule has 0 unspecified atom stereocenters. The lowest BCUT2D eigenvalue weighted by Gasteiger charge is -2.25. The fourth-order valence-electron chi connectivity index (χ4n) is 4.26. The highest BCUT2D eigenvalue weighted by atomic mass is 35.5. The van der Waals surface area contributed by atoms with Gasteiger partial charge in [0.2, 0.25) is 11.8 Å². The maximum atomic E-state index is 13.1. The van der Waals surface area contributed by atoms with Crippen LogP contribution in [0.5, 0.6) is 0 Å². The van der Waals surface area contributed by atoms with E-state index in [0.29, 0.717) is 18.7 Å². The van der Waals surface area contributed by atoms with Gasteiger partial charge < -0.3 is 20.7 Å². The van der Waals surface area contributed by atoms with E-state index in [1.165, 1.54) is 0 Å². The molecule has 0 radical (unpaired) electrons. The molecule has 36 heavy (non-hydrogen) atoms. The summed E-state index contributed by atoms with van der Waals surface area (Å²) in [6, 6.07) is 11.1. The first-order valence-corrected chi connectivity index (χ1v) is 12.4. The van der Waals surface area contributed by atoms with Crippen molar-refractivity contribution in [1.82, 2.24) is 15.2 Å². The number of hydrogen-bond acceptors (Lipinski definition) is 6. The number of nitrogens with two attached hydrogens (primary N) is 1. The Balaban J connectivity index is 0.00000456. The molecule has 1 aromatic carbocycles. The van der Waals surface area contributed by atoms with Gasteiger partial charge in [0.05, 0.1) is 25.6 Å². The number of esters is 1. The van der Waals surface area contributed by atoms with E-state index in [9.17, 15) is 14.4 Å². The van der Waals surface area contributed by atoms with E-state index in [4.69, 9.17) is 10.5 Å². The topological polar surface area (TPSA) is 115 Å². The van der Waals surface area contributed by atoms with Crippen molar-refractivity contribution >= 4 is 36.0 Å². The number of hydrogen-bond donors (Lipinski definition) is 2. The second-order valence-electron chi connectivity index (χ2n) is 8.88. The molecule has 9 heteroatoms. The highest BCUT2D eigenvalue weighted by molar-refractivity contribution is 5.86. The molecule has 0 saturated heterocycles. The number of benzene rings is 1. The molecular weight excluding hydrogens is 480 g/mol. The molecule has 3 N–H and O–H groups in total. The number of carbonyl (C=O) groups is 3. The van der Waals surface area contributed by atoms with Crippen LogP contribution in [0.2, 0.25) is 0 Å². The van der Waals surface area contributed by atoms with E-state index >= 15 is 0 Å². The summed E-state index contributed by atoms with van der Waals surface area (Å²) in [6.07, 6.45) is 6.05. The van der Waals surface area contributed by atoms with E-state index in [0.717, 1.165) is 42.4 Å². The number of anilines is 1. The van der Waals surface area contributed by atoms with Gasteiger partial charge in [-0.05, 0) is 67.9 Å². The van der Waals surface area contributed by atoms with Crippen LogP contribution in [-0.2, 0) is 32.0 Å². The lowest BCUT2D eigenvalue weighted by Crippen LogP contribution is -2.43. The number of rotatable bonds is 13. The van der Waals surface area contributed by atoms with Gasteiger partial charge in [-0.1, -0.05) is 31.2 Å². The number of nitrogen functional groups attached to an aromatic ring is 1. The Kier molecular flexibility index (Phi) is 11.7. The smallest absolute Gasteiger partial charge is 0.308 e. The van der Waals surface area contributed by atoms with E-state index < -0.39 is 6.04 Å². The molecule has 1 heterocycles. The van der Waals surface area contributed by atoms with Crippen LogP contribution in [0.15, 0.2) is 42.6 Å². The van der Waals surface area contributed by atoms with Crippen LogP contribution in [0, 0.1) is 0 Å². The molecule has 0 spiro atoms. The number of halogens is 1. The summed E-state index contributed by atoms with van der Waals surface area (Å²) in [4.78, 5) is 44.0. The van der Waals surface area contributed by atoms with E-state index in [1.54, 1.807) is 18.0 Å². The lowest BCUT2D eigenvalue weighted by atomic mass is 9.96. The number of aromatic nitrogens is 1. The minimum atomic E-state index is -0.508. The van der Waals surface area contributed by atoms with E-state index in [2.05, 4.69) is 10.3 Å². The minimum absolute atomic E-state index is 0. The molecule has 196 valence electrons. The third kappa shape index (κ3) is 8.82. The molecule has 1 aliphatic carbocycles. The van der Waals surface area contributed by atoms with Crippen molar-refractivity contribution in [3.63, 3.8) is 0 Å². The van der Waals surface area contributed by atoms with Gasteiger partial charge >= 0.3 is 5.97 Å². The average Bonchev–Trinajstić information content (AvgIpc) is 3.67. The fraction of sp³-hybridized carbons (Fsp3) is 0.481. The zero-order valence-electron chi connectivity index (χ0n) is 21.1. The molecule has 2 aromatic rings. The first kappa shape index (κ1) is 29.1. The van der Waals surface area contributed by atoms with Crippen LogP contribution >= 0.6 is 12.4 Å². The van der Waals surface area contributed by atoms with Crippen LogP contribution in [0.25, 0.3) is 0 Å². The van der Waals surface area contributed by atoms with Crippen LogP contribution < -0.4 is 11.1 Å². The monoisotopic (exact) mass is 516 g/mol. The molecule has 3 rings (SSSR count). The fourth-order valence-corrected chi connectivity index (χ4v) is 4.26. The Hall–Kier alpha value is -3.13. The van der Waals surface area contributed by atoms with Crippen molar-refractivity contribution in [1.29, 1.82) is 0 Å². The van der Waals surface area contributed by atoms with Gasteiger partial charge in [0, 0.05) is 18.7 Å². The van der Waals surface area contributed by atoms with Gasteiger partial charge in [0.25, 0.3) is 0 Å². The summed E-state index contributed by atoms with van der Waals surface area (Å²) in [6.45, 7) is 4.06. The molecule has 1 fully saturated rings. The minimum Gasteiger partial charge on any atom is -0.466 e. The molecule has 0 aliphatic heterocycles. The van der Waals surface area contributed by atoms with Gasteiger partial charge in [0.15, 0.2) is 0 Å². The Morgan fingerprint density at radius 3 is 2.61 bits per heavy atom. The number of nitrogens with zero attached hydrogens (tertiary/aromatic N) is 2. The predicted molar refractivity (Wildman–Crippen MR) is 142 cm³/mol. The van der Waals surface area contributed by atoms with Crippen LogP contribution in [-0.4, -0.2) is 46.9 Å². The number of aryl methyl sites for hydroxylation is 2. The highest BCUT2D eigenvalue weighted by Gasteiger charge is 2.34. The Morgan fingerprint density at radius 2 is 1.94 bits per heavy atom. The van der Waals surface area contributed by atoms with E-state index in [1.807, 2.05) is 43.3 Å². The maximum absolute atomic E-state index is 13.1. The van der Waals surface area contributed by atoms with Crippen molar-refractivity contribution in [2.24, 2.45) is 0 Å². The number of amides is 2. The average molecular weight is 517 g/mol. The summed E-state index contributed by atoms with van der Waals surface area (Å²) in [5, 5.41) is 3.00. The molecule has 1 saturated carbocycles. The molecule has 1 aromatic heterocycles. The van der Waals surface area contributed by atoms with Gasteiger partial charge in [0.1, 0.15) is 5.82 Å². The third-order valence-corrected chi connectivity index (χ3v) is 6.15. The van der Waals surface area contributed by atoms with Crippen molar-refractivity contribution in [3.05, 3.63) is 59.3 Å². The predicted octanol–water partition coefficient (Wildman–Crippen LogP) is 3.77. The van der Waals surface area contributed by atoms with Crippen molar-refractivity contribution in [2.45, 2.75) is 70.9 Å². The highest BCUT2D eigenvalue weighted by Crippen LogP contribution is 2.28. The molecule has 1 aliphatic rings. The zero-order chi connectivity index (χ0) is 25.2. The number of pyridine rings is 1. The largest absolute Gasteiger partial charge is 0.466 e. The van der Waals surface area contributed by atoms with Gasteiger partial charge in [-0.2, -0.15) is 0 Å². The quantitative estimate of drug-likeness (QED) is 0.392. The number of nitrogens with one attached hydrogen (secondary N) is 1. The molecule has 2 amide bonds. The Bertz CT molecular complexity index is 1030. The molecule has 1 atom stereocenters. The summed E-state index contributed by atoms with van der Waals surface area (Å²) in [5.74, 6) is -0.198. The van der Waals surface area contributed by atoms with Gasteiger partial charge in [-0.3, -0.25) is 14.4 Å². The number of carbonyl (C=O) groups excluding carboxylic acids is 3. The van der Waals surface area contributed by atoms with Crippen molar-refractivity contribution < 1.29 is 19.1 Å². The molecular formula is C27H37ClN4O4. The Morgan fingerprint density at radius 1 is 1.19 bits per heavy atom. The Labute approximate surface area is 219 Å². The summed E-state index contributed by atoms with van der Waals surface area (Å²) >= 11 is 0. The van der Waals surface area contributed by atoms with Gasteiger partial charge in [-0.15, -0.1) is 12.4 Å². The van der Waals surface area contributed by atoms with Crippen LogP contribution in [0.1, 0.15) is 68.7 Å². The van der Waals surface area contributed by atoms with Crippen molar-refractivity contribution in [3.8, 4) is 0 Å². The number of ether oxygens (including phenoxy) is 1. The third-order valence-electron chi connectivity index (χ3n) is 6.15. The van der Waals surface area contributed by atoms with Gasteiger partial charge in [-0.25, -0.2) is 4.98 Å². The standard InChI is InChI=1S/C27H36N4O4.ClH/c1-3-20-9-5-6-10-22(20)23(17-27(34)35-4-2)30-25(32)18-31(21-12-13-21)26(33)11-7-8-19-14-15-29-24(28)16-19;/h5-6,9-10,14-16,21,23H,3-4,7-8,11-13,17-18H2,1-2H3,(H2,28,29)(H,30,32);1H/t23-;/m1./s1. The second kappa shape index (κ2) is 14.4. The zero-order valence-corrected chi connectivity index (χ0v) is 21.9. The summed E-state index contributed by atoms with van der Waals surface area (Å²) in [5.41, 5.74) is 8.73. The van der Waals surface area contributed by atoms with Crippen molar-refractivity contribution in [2.75, 3.05) is 18.9 Å². The maximum Gasteiger partial charge on any atom is 0.308 e. The van der Waals surface area contributed by atoms with E-state index in [-0.39, 0.29) is 55.8 Å². The summed E-state index contributed by atoms with van der Waals surface area (Å²) < 4.78 is 5.14. The van der Waals surface area contributed by atoms with Crippen LogP contribution in [0.4, 0.5) is 5.82 Å². The second-order valence-corrected chi connectivity index (χ2v) is 8.88. The molecule has 8 nitrogen and oxygen atoms in total. The first-order valence-electron chi connectivity index (χ1n) is 12.4. The van der Waals surface area contributed by atoms with Crippen LogP contribution in [0.3, 0.4) is 0 Å².